The van der Waals surface area contributed by atoms with Gasteiger partial charge >= 0.3 is 0 Å². The Hall–Kier alpha value is -1.55. The van der Waals surface area contributed by atoms with E-state index in [4.69, 9.17) is 10.5 Å². The average Bonchev–Trinajstić information content (AvgIpc) is 2.22. The first-order valence-corrected chi connectivity index (χ1v) is 5.34. The Morgan fingerprint density at radius 3 is 2.75 bits per heavy atom. The SMILES string of the molecule is CCOc1ccc(NC(=O)[C@H](C)N)c(C)c1. The average molecular weight is 222 g/mol. The topological polar surface area (TPSA) is 64.3 Å². The van der Waals surface area contributed by atoms with Crippen molar-refractivity contribution in [3.8, 4) is 5.75 Å². The minimum atomic E-state index is -0.508. The largest absolute Gasteiger partial charge is 0.494 e. The first kappa shape index (κ1) is 12.5. The van der Waals surface area contributed by atoms with Crippen LogP contribution in [0.25, 0.3) is 0 Å². The van der Waals surface area contributed by atoms with Gasteiger partial charge in [-0.15, -0.1) is 0 Å². The van der Waals surface area contributed by atoms with Gasteiger partial charge in [-0.05, 0) is 44.5 Å². The molecule has 1 aromatic carbocycles. The maximum Gasteiger partial charge on any atom is 0.241 e. The Bertz CT molecular complexity index is 375. The van der Waals surface area contributed by atoms with E-state index in [1.165, 1.54) is 0 Å². The molecular weight excluding hydrogens is 204 g/mol. The highest BCUT2D eigenvalue weighted by Crippen LogP contribution is 2.21. The lowest BCUT2D eigenvalue weighted by atomic mass is 10.2. The Kier molecular flexibility index (Phi) is 4.31. The van der Waals surface area contributed by atoms with E-state index in [9.17, 15) is 4.79 Å². The predicted molar refractivity (Wildman–Crippen MR) is 64.6 cm³/mol. The summed E-state index contributed by atoms with van der Waals surface area (Å²) in [5.74, 6) is 0.617. The number of ether oxygens (including phenoxy) is 1. The van der Waals surface area contributed by atoms with E-state index in [2.05, 4.69) is 5.32 Å². The molecule has 0 fully saturated rings. The third-order valence-electron chi connectivity index (χ3n) is 2.18. The monoisotopic (exact) mass is 222 g/mol. The highest BCUT2D eigenvalue weighted by atomic mass is 16.5. The highest BCUT2D eigenvalue weighted by molar-refractivity contribution is 5.95. The van der Waals surface area contributed by atoms with Gasteiger partial charge in [0, 0.05) is 5.69 Å². The van der Waals surface area contributed by atoms with E-state index in [-0.39, 0.29) is 5.91 Å². The van der Waals surface area contributed by atoms with E-state index >= 15 is 0 Å². The van der Waals surface area contributed by atoms with Crippen LogP contribution in [0.2, 0.25) is 0 Å². The minimum absolute atomic E-state index is 0.188. The fourth-order valence-corrected chi connectivity index (χ4v) is 1.28. The number of carbonyl (C=O) groups is 1. The summed E-state index contributed by atoms with van der Waals surface area (Å²) >= 11 is 0. The Labute approximate surface area is 95.8 Å². The number of nitrogens with one attached hydrogen (secondary N) is 1. The molecule has 1 atom stereocenters. The number of benzene rings is 1. The van der Waals surface area contributed by atoms with Crippen LogP contribution >= 0.6 is 0 Å². The van der Waals surface area contributed by atoms with Gasteiger partial charge in [0.15, 0.2) is 0 Å². The van der Waals surface area contributed by atoms with E-state index in [0.717, 1.165) is 17.0 Å². The van der Waals surface area contributed by atoms with Crippen molar-refractivity contribution in [3.63, 3.8) is 0 Å². The molecule has 0 saturated carbocycles. The summed E-state index contributed by atoms with van der Waals surface area (Å²) in [7, 11) is 0. The molecule has 0 aromatic heterocycles. The highest BCUT2D eigenvalue weighted by Gasteiger charge is 2.09. The summed E-state index contributed by atoms with van der Waals surface area (Å²) in [6.07, 6.45) is 0. The van der Waals surface area contributed by atoms with Crippen molar-refractivity contribution < 1.29 is 9.53 Å². The van der Waals surface area contributed by atoms with E-state index < -0.39 is 6.04 Å². The number of aryl methyl sites for hydroxylation is 1. The molecule has 0 unspecified atom stereocenters. The molecule has 1 rings (SSSR count). The van der Waals surface area contributed by atoms with Crippen LogP contribution in [-0.4, -0.2) is 18.6 Å². The molecule has 4 heteroatoms. The second-order valence-electron chi connectivity index (χ2n) is 3.69. The van der Waals surface area contributed by atoms with Crippen molar-refractivity contribution >= 4 is 11.6 Å². The van der Waals surface area contributed by atoms with Crippen molar-refractivity contribution in [3.05, 3.63) is 23.8 Å². The molecule has 0 heterocycles. The third-order valence-corrected chi connectivity index (χ3v) is 2.18. The van der Waals surface area contributed by atoms with Crippen LogP contribution < -0.4 is 15.8 Å². The normalized spacial score (nSPS) is 12.0. The molecule has 0 radical (unpaired) electrons. The van der Waals surface area contributed by atoms with Crippen molar-refractivity contribution in [2.75, 3.05) is 11.9 Å². The van der Waals surface area contributed by atoms with E-state index in [1.54, 1.807) is 6.92 Å². The Morgan fingerprint density at radius 2 is 2.25 bits per heavy atom. The summed E-state index contributed by atoms with van der Waals surface area (Å²) in [4.78, 5) is 11.4. The molecule has 1 amide bonds. The van der Waals surface area contributed by atoms with Gasteiger partial charge in [-0.25, -0.2) is 0 Å². The molecule has 88 valence electrons. The van der Waals surface area contributed by atoms with Crippen molar-refractivity contribution in [1.82, 2.24) is 0 Å². The zero-order valence-corrected chi connectivity index (χ0v) is 9.91. The number of anilines is 1. The Balaban J connectivity index is 2.79. The second-order valence-corrected chi connectivity index (χ2v) is 3.69. The fraction of sp³-hybridized carbons (Fsp3) is 0.417. The molecule has 0 aliphatic carbocycles. The summed E-state index contributed by atoms with van der Waals surface area (Å²) < 4.78 is 5.36. The van der Waals surface area contributed by atoms with Crippen molar-refractivity contribution in [1.29, 1.82) is 0 Å². The third kappa shape index (κ3) is 3.24. The summed E-state index contributed by atoms with van der Waals surface area (Å²) in [5, 5.41) is 2.76. The van der Waals surface area contributed by atoms with Crippen LogP contribution in [0.1, 0.15) is 19.4 Å². The van der Waals surface area contributed by atoms with Gasteiger partial charge < -0.3 is 15.8 Å². The summed E-state index contributed by atoms with van der Waals surface area (Å²) in [6.45, 7) is 6.13. The molecule has 0 aliphatic rings. The molecule has 1 aromatic rings. The van der Waals surface area contributed by atoms with Crippen molar-refractivity contribution in [2.24, 2.45) is 5.73 Å². The van der Waals surface area contributed by atoms with Gasteiger partial charge in [0.25, 0.3) is 0 Å². The van der Waals surface area contributed by atoms with Crippen LogP contribution in [-0.2, 0) is 4.79 Å². The second kappa shape index (κ2) is 5.51. The van der Waals surface area contributed by atoms with Gasteiger partial charge in [-0.3, -0.25) is 4.79 Å². The number of hydrogen-bond donors (Lipinski definition) is 2. The molecule has 0 saturated heterocycles. The lowest BCUT2D eigenvalue weighted by Crippen LogP contribution is -2.32. The molecule has 16 heavy (non-hydrogen) atoms. The minimum Gasteiger partial charge on any atom is -0.494 e. The summed E-state index contributed by atoms with van der Waals surface area (Å²) in [5.41, 5.74) is 7.20. The zero-order valence-electron chi connectivity index (χ0n) is 9.91. The van der Waals surface area contributed by atoms with E-state index in [0.29, 0.717) is 6.61 Å². The standard InChI is InChI=1S/C12H18N2O2/c1-4-16-10-5-6-11(8(2)7-10)14-12(15)9(3)13/h5-7,9H,4,13H2,1-3H3,(H,14,15)/t9-/m0/s1. The first-order chi connectivity index (χ1) is 7.54. The molecule has 0 spiro atoms. The number of nitrogens with two attached hydrogens (primary N) is 1. The molecular formula is C12H18N2O2. The zero-order chi connectivity index (χ0) is 12.1. The quantitative estimate of drug-likeness (QED) is 0.814. The molecule has 0 bridgehead atoms. The van der Waals surface area contributed by atoms with Crippen LogP contribution in [0.4, 0.5) is 5.69 Å². The van der Waals surface area contributed by atoms with Crippen LogP contribution in [0.3, 0.4) is 0 Å². The molecule has 4 nitrogen and oxygen atoms in total. The molecule has 0 aliphatic heterocycles. The van der Waals surface area contributed by atoms with Crippen LogP contribution in [0.5, 0.6) is 5.75 Å². The maximum absolute atomic E-state index is 11.4. The summed E-state index contributed by atoms with van der Waals surface area (Å²) in [6, 6.07) is 5.03. The Morgan fingerprint density at radius 1 is 1.56 bits per heavy atom. The van der Waals surface area contributed by atoms with Gasteiger partial charge in [0.1, 0.15) is 5.75 Å². The van der Waals surface area contributed by atoms with Crippen molar-refractivity contribution in [2.45, 2.75) is 26.8 Å². The maximum atomic E-state index is 11.4. The number of rotatable bonds is 4. The van der Waals surface area contributed by atoms with Gasteiger partial charge in [-0.1, -0.05) is 0 Å². The fourth-order valence-electron chi connectivity index (χ4n) is 1.28. The smallest absolute Gasteiger partial charge is 0.241 e. The lowest BCUT2D eigenvalue weighted by Gasteiger charge is -2.11. The number of amides is 1. The number of hydrogen-bond acceptors (Lipinski definition) is 3. The first-order valence-electron chi connectivity index (χ1n) is 5.34. The molecule has 3 N–H and O–H groups in total. The number of carbonyl (C=O) groups excluding carboxylic acids is 1. The van der Waals surface area contributed by atoms with Gasteiger partial charge in [0.2, 0.25) is 5.91 Å². The van der Waals surface area contributed by atoms with Crippen LogP contribution in [0.15, 0.2) is 18.2 Å². The van der Waals surface area contributed by atoms with Crippen LogP contribution in [0, 0.1) is 6.92 Å². The van der Waals surface area contributed by atoms with Gasteiger partial charge in [0.05, 0.1) is 12.6 Å². The lowest BCUT2D eigenvalue weighted by molar-refractivity contribution is -0.117. The predicted octanol–water partition coefficient (Wildman–Crippen LogP) is 1.68. The van der Waals surface area contributed by atoms with Gasteiger partial charge in [-0.2, -0.15) is 0 Å². The van der Waals surface area contributed by atoms with E-state index in [1.807, 2.05) is 32.0 Å².